The van der Waals surface area contributed by atoms with Gasteiger partial charge in [-0.3, -0.25) is 4.79 Å². The van der Waals surface area contributed by atoms with E-state index in [2.05, 4.69) is 29.4 Å². The molecule has 0 saturated carbocycles. The molecule has 1 aromatic heterocycles. The molecule has 0 radical (unpaired) electrons. The summed E-state index contributed by atoms with van der Waals surface area (Å²) in [6.07, 6.45) is 3.38. The lowest BCUT2D eigenvalue weighted by molar-refractivity contribution is 0.0981. The highest BCUT2D eigenvalue weighted by molar-refractivity contribution is 6.08. The molecule has 5 nitrogen and oxygen atoms in total. The molecule has 0 fully saturated rings. The summed E-state index contributed by atoms with van der Waals surface area (Å²) < 4.78 is 5.40. The van der Waals surface area contributed by atoms with Gasteiger partial charge in [-0.25, -0.2) is 4.98 Å². The summed E-state index contributed by atoms with van der Waals surface area (Å²) in [7, 11) is 1.68. The molecule has 2 aromatic carbocycles. The maximum Gasteiger partial charge on any atom is 0.258 e. The van der Waals surface area contributed by atoms with Crippen LogP contribution in [0.2, 0.25) is 0 Å². The summed E-state index contributed by atoms with van der Waals surface area (Å²) in [6, 6.07) is 19.9. The van der Waals surface area contributed by atoms with Crippen LogP contribution < -0.4 is 15.0 Å². The topological polar surface area (TPSA) is 54.5 Å². The van der Waals surface area contributed by atoms with Gasteiger partial charge in [0.2, 0.25) is 0 Å². The van der Waals surface area contributed by atoms with Crippen LogP contribution in [0.5, 0.6) is 5.75 Å². The summed E-state index contributed by atoms with van der Waals surface area (Å²) in [5.41, 5.74) is 4.01. The highest BCUT2D eigenvalue weighted by atomic mass is 16.5. The first-order valence-corrected chi connectivity index (χ1v) is 9.90. The minimum atomic E-state index is 0.0117. The van der Waals surface area contributed by atoms with E-state index in [9.17, 15) is 4.79 Å². The molecule has 0 saturated heterocycles. The van der Waals surface area contributed by atoms with Crippen LogP contribution in [-0.2, 0) is 12.8 Å². The number of para-hydroxylation sites is 2. The maximum absolute atomic E-state index is 13.2. The molecule has 0 bridgehead atoms. The molecule has 1 aliphatic heterocycles. The Balaban J connectivity index is 1.46. The van der Waals surface area contributed by atoms with Crippen molar-refractivity contribution < 1.29 is 9.53 Å². The van der Waals surface area contributed by atoms with E-state index in [0.29, 0.717) is 17.9 Å². The van der Waals surface area contributed by atoms with Crippen molar-refractivity contribution in [2.45, 2.75) is 25.8 Å². The lowest BCUT2D eigenvalue weighted by Gasteiger charge is -2.23. The van der Waals surface area contributed by atoms with Crippen LogP contribution in [0, 0.1) is 0 Å². The Morgan fingerprint density at radius 3 is 2.83 bits per heavy atom. The summed E-state index contributed by atoms with van der Waals surface area (Å²) in [6.45, 7) is 2.79. The van der Waals surface area contributed by atoms with Gasteiger partial charge in [-0.2, -0.15) is 0 Å². The number of hydrogen-bond donors (Lipinski definition) is 1. The van der Waals surface area contributed by atoms with Gasteiger partial charge in [0, 0.05) is 30.0 Å². The van der Waals surface area contributed by atoms with Crippen LogP contribution in [-0.4, -0.2) is 30.6 Å². The number of nitrogens with zero attached hydrogens (tertiary/aromatic N) is 2. The van der Waals surface area contributed by atoms with Crippen molar-refractivity contribution in [2.75, 3.05) is 23.9 Å². The van der Waals surface area contributed by atoms with Crippen LogP contribution in [0.4, 0.5) is 11.5 Å². The van der Waals surface area contributed by atoms with Gasteiger partial charge in [-0.1, -0.05) is 36.4 Å². The van der Waals surface area contributed by atoms with Crippen molar-refractivity contribution >= 4 is 17.4 Å². The molecule has 5 heteroatoms. The minimum absolute atomic E-state index is 0.0117. The van der Waals surface area contributed by atoms with Crippen molar-refractivity contribution in [1.29, 1.82) is 0 Å². The molecule has 4 rings (SSSR count). The smallest absolute Gasteiger partial charge is 0.258 e. The van der Waals surface area contributed by atoms with Crippen LogP contribution in [0.15, 0.2) is 66.9 Å². The van der Waals surface area contributed by atoms with Crippen molar-refractivity contribution in [3.8, 4) is 5.75 Å². The average molecular weight is 387 g/mol. The van der Waals surface area contributed by atoms with Gasteiger partial charge < -0.3 is 15.0 Å². The van der Waals surface area contributed by atoms with E-state index in [1.807, 2.05) is 47.4 Å². The number of methoxy groups -OCH3 is 1. The van der Waals surface area contributed by atoms with Crippen LogP contribution in [0.25, 0.3) is 0 Å². The molecule has 0 spiro atoms. The standard InChI is InChI=1S/C24H25N3O2/c1-17-15-19-8-3-5-9-21(19)27(17)24(28)20-12-14-26-23(16-20)25-13-11-18-7-4-6-10-22(18)29-2/h3-10,12,14,16-17H,11,13,15H2,1-2H3,(H,25,26). The molecule has 148 valence electrons. The first kappa shape index (κ1) is 19.0. The Labute approximate surface area is 171 Å². The van der Waals surface area contributed by atoms with Gasteiger partial charge in [-0.05, 0) is 55.2 Å². The van der Waals surface area contributed by atoms with E-state index in [1.165, 1.54) is 5.56 Å². The number of carbonyl (C=O) groups is 1. The summed E-state index contributed by atoms with van der Waals surface area (Å²) in [5, 5.41) is 3.32. The molecule has 1 unspecified atom stereocenters. The van der Waals surface area contributed by atoms with Gasteiger partial charge in [0.05, 0.1) is 7.11 Å². The van der Waals surface area contributed by atoms with Gasteiger partial charge in [0.25, 0.3) is 5.91 Å². The number of aromatic nitrogens is 1. The predicted octanol–water partition coefficient (Wildman–Crippen LogP) is 4.34. The highest BCUT2D eigenvalue weighted by Crippen LogP contribution is 2.33. The summed E-state index contributed by atoms with van der Waals surface area (Å²) >= 11 is 0. The summed E-state index contributed by atoms with van der Waals surface area (Å²) in [4.78, 5) is 19.5. The Hall–Kier alpha value is -3.34. The molecule has 3 aromatic rings. The number of rotatable bonds is 6. The fourth-order valence-electron chi connectivity index (χ4n) is 3.91. The van der Waals surface area contributed by atoms with Gasteiger partial charge in [0.1, 0.15) is 11.6 Å². The first-order valence-electron chi connectivity index (χ1n) is 9.90. The van der Waals surface area contributed by atoms with E-state index in [4.69, 9.17) is 4.74 Å². The van der Waals surface area contributed by atoms with E-state index < -0.39 is 0 Å². The third-order valence-corrected chi connectivity index (χ3v) is 5.33. The van der Waals surface area contributed by atoms with E-state index >= 15 is 0 Å². The number of ether oxygens (including phenoxy) is 1. The Bertz CT molecular complexity index is 1020. The molecule has 2 heterocycles. The second-order valence-electron chi connectivity index (χ2n) is 7.28. The minimum Gasteiger partial charge on any atom is -0.496 e. The van der Waals surface area contributed by atoms with Crippen LogP contribution in [0.3, 0.4) is 0 Å². The van der Waals surface area contributed by atoms with Gasteiger partial charge in [-0.15, -0.1) is 0 Å². The second-order valence-corrected chi connectivity index (χ2v) is 7.28. The molecule has 0 aliphatic carbocycles. The number of pyridine rings is 1. The number of amides is 1. The number of hydrogen-bond acceptors (Lipinski definition) is 4. The normalized spacial score (nSPS) is 15.1. The number of anilines is 2. The Kier molecular flexibility index (Phi) is 5.47. The van der Waals surface area contributed by atoms with Crippen molar-refractivity contribution in [3.05, 3.63) is 83.6 Å². The fraction of sp³-hybridized carbons (Fsp3) is 0.250. The number of nitrogens with one attached hydrogen (secondary N) is 1. The highest BCUT2D eigenvalue weighted by Gasteiger charge is 2.31. The largest absolute Gasteiger partial charge is 0.496 e. The maximum atomic E-state index is 13.2. The van der Waals surface area contributed by atoms with E-state index in [0.717, 1.165) is 29.8 Å². The third-order valence-electron chi connectivity index (χ3n) is 5.33. The lowest BCUT2D eigenvalue weighted by Crippen LogP contribution is -2.35. The monoisotopic (exact) mass is 387 g/mol. The van der Waals surface area contributed by atoms with Crippen molar-refractivity contribution in [1.82, 2.24) is 4.98 Å². The zero-order chi connectivity index (χ0) is 20.2. The fourth-order valence-corrected chi connectivity index (χ4v) is 3.91. The van der Waals surface area contributed by atoms with Crippen molar-refractivity contribution in [3.63, 3.8) is 0 Å². The number of carbonyl (C=O) groups excluding carboxylic acids is 1. The number of fused-ring (bicyclic) bond motifs is 1. The number of benzene rings is 2. The zero-order valence-corrected chi connectivity index (χ0v) is 16.8. The Morgan fingerprint density at radius 1 is 1.17 bits per heavy atom. The molecule has 1 atom stereocenters. The van der Waals surface area contributed by atoms with E-state index in [1.54, 1.807) is 19.4 Å². The average Bonchev–Trinajstić information content (AvgIpc) is 3.09. The molecule has 1 amide bonds. The van der Waals surface area contributed by atoms with Crippen molar-refractivity contribution in [2.24, 2.45) is 0 Å². The Morgan fingerprint density at radius 2 is 1.97 bits per heavy atom. The quantitative estimate of drug-likeness (QED) is 0.684. The molecule has 29 heavy (non-hydrogen) atoms. The van der Waals surface area contributed by atoms with Crippen LogP contribution in [0.1, 0.15) is 28.4 Å². The molecular weight excluding hydrogens is 362 g/mol. The zero-order valence-electron chi connectivity index (χ0n) is 16.8. The SMILES string of the molecule is COc1ccccc1CCNc1cc(C(=O)N2c3ccccc3CC2C)ccn1. The first-order chi connectivity index (χ1) is 14.2. The molecular formula is C24H25N3O2. The molecule has 1 aliphatic rings. The van der Waals surface area contributed by atoms with E-state index in [-0.39, 0.29) is 11.9 Å². The lowest BCUT2D eigenvalue weighted by atomic mass is 10.1. The summed E-state index contributed by atoms with van der Waals surface area (Å²) in [5.74, 6) is 1.59. The van der Waals surface area contributed by atoms with Crippen LogP contribution >= 0.6 is 0 Å². The van der Waals surface area contributed by atoms with Gasteiger partial charge in [0.15, 0.2) is 0 Å². The van der Waals surface area contributed by atoms with Gasteiger partial charge >= 0.3 is 0 Å². The third kappa shape index (κ3) is 3.94. The predicted molar refractivity (Wildman–Crippen MR) is 116 cm³/mol. The molecule has 1 N–H and O–H groups in total. The second kappa shape index (κ2) is 8.35.